The summed E-state index contributed by atoms with van der Waals surface area (Å²) in [4.78, 5) is 10.6. The SMILES string of the molecule is O=CC1C=c2ccc3c(c2O1)C=CC=3. The summed E-state index contributed by atoms with van der Waals surface area (Å²) >= 11 is 0. The van der Waals surface area contributed by atoms with Gasteiger partial charge in [0.25, 0.3) is 0 Å². The second-order valence-electron chi connectivity index (χ2n) is 3.40. The van der Waals surface area contributed by atoms with Crippen LogP contribution in [0, 0.1) is 0 Å². The molecule has 68 valence electrons. The average molecular weight is 184 g/mol. The van der Waals surface area contributed by atoms with Crippen LogP contribution in [0.2, 0.25) is 0 Å². The van der Waals surface area contributed by atoms with Gasteiger partial charge in [-0.2, -0.15) is 0 Å². The van der Waals surface area contributed by atoms with Crippen molar-refractivity contribution >= 4 is 24.5 Å². The van der Waals surface area contributed by atoms with Crippen molar-refractivity contribution in [3.63, 3.8) is 0 Å². The first-order valence-electron chi connectivity index (χ1n) is 4.54. The van der Waals surface area contributed by atoms with E-state index in [1.165, 1.54) is 0 Å². The Labute approximate surface area is 80.8 Å². The number of carbonyl (C=O) groups excluding carboxylic acids is 1. The Balaban J connectivity index is 2.29. The van der Waals surface area contributed by atoms with Gasteiger partial charge in [0.1, 0.15) is 5.75 Å². The normalized spacial score (nSPS) is 20.4. The van der Waals surface area contributed by atoms with E-state index in [1.54, 1.807) is 0 Å². The molecule has 0 spiro atoms. The van der Waals surface area contributed by atoms with E-state index in [-0.39, 0.29) is 0 Å². The van der Waals surface area contributed by atoms with Crippen LogP contribution < -0.4 is 15.2 Å². The molecule has 1 aromatic rings. The summed E-state index contributed by atoms with van der Waals surface area (Å²) in [6.07, 6.45) is 8.28. The molecule has 1 aromatic carbocycles. The fourth-order valence-electron chi connectivity index (χ4n) is 1.87. The zero-order valence-corrected chi connectivity index (χ0v) is 7.44. The lowest BCUT2D eigenvalue weighted by Crippen LogP contribution is -2.13. The minimum Gasteiger partial charge on any atom is -0.478 e. The second-order valence-corrected chi connectivity index (χ2v) is 3.40. The highest BCUT2D eigenvalue weighted by Gasteiger charge is 2.18. The van der Waals surface area contributed by atoms with Crippen molar-refractivity contribution < 1.29 is 9.53 Å². The van der Waals surface area contributed by atoms with E-state index in [0.29, 0.717) is 0 Å². The van der Waals surface area contributed by atoms with Crippen LogP contribution in [0.25, 0.3) is 18.2 Å². The molecule has 0 aromatic heterocycles. The minimum atomic E-state index is -0.412. The van der Waals surface area contributed by atoms with E-state index >= 15 is 0 Å². The zero-order valence-electron chi connectivity index (χ0n) is 7.44. The van der Waals surface area contributed by atoms with Gasteiger partial charge in [0.05, 0.1) is 0 Å². The second kappa shape index (κ2) is 2.58. The topological polar surface area (TPSA) is 26.3 Å². The molecule has 1 unspecified atom stereocenters. The number of hydrogen-bond donors (Lipinski definition) is 0. The van der Waals surface area contributed by atoms with Crippen LogP contribution in [0.4, 0.5) is 0 Å². The first kappa shape index (κ1) is 7.56. The minimum absolute atomic E-state index is 0.412. The van der Waals surface area contributed by atoms with Gasteiger partial charge >= 0.3 is 0 Å². The highest BCUT2D eigenvalue weighted by Crippen LogP contribution is 2.19. The third-order valence-electron chi connectivity index (χ3n) is 2.53. The van der Waals surface area contributed by atoms with Gasteiger partial charge in [0.2, 0.25) is 0 Å². The summed E-state index contributed by atoms with van der Waals surface area (Å²) in [5.74, 6) is 0.838. The summed E-state index contributed by atoms with van der Waals surface area (Å²) in [6, 6.07) is 4.03. The van der Waals surface area contributed by atoms with Gasteiger partial charge < -0.3 is 4.74 Å². The molecule has 2 nitrogen and oxygen atoms in total. The van der Waals surface area contributed by atoms with Gasteiger partial charge in [-0.05, 0) is 11.3 Å². The molecule has 14 heavy (non-hydrogen) atoms. The van der Waals surface area contributed by atoms with Crippen molar-refractivity contribution in [2.75, 3.05) is 0 Å². The fraction of sp³-hybridized carbons (Fsp3) is 0.0833. The van der Waals surface area contributed by atoms with Crippen molar-refractivity contribution in [2.24, 2.45) is 0 Å². The third kappa shape index (κ3) is 0.880. The smallest absolute Gasteiger partial charge is 0.173 e. The monoisotopic (exact) mass is 184 g/mol. The van der Waals surface area contributed by atoms with E-state index in [2.05, 4.69) is 0 Å². The van der Waals surface area contributed by atoms with Crippen molar-refractivity contribution in [2.45, 2.75) is 6.10 Å². The number of ether oxygens (including phenoxy) is 1. The van der Waals surface area contributed by atoms with Gasteiger partial charge in [0.15, 0.2) is 12.4 Å². The maximum absolute atomic E-state index is 10.6. The van der Waals surface area contributed by atoms with Gasteiger partial charge in [0, 0.05) is 10.8 Å². The molecule has 2 aliphatic rings. The molecule has 2 heteroatoms. The Bertz CT molecular complexity index is 552. The molecule has 1 aliphatic heterocycles. The maximum Gasteiger partial charge on any atom is 0.173 e. The van der Waals surface area contributed by atoms with Gasteiger partial charge in [-0.25, -0.2) is 0 Å². The van der Waals surface area contributed by atoms with Crippen LogP contribution in [0.5, 0.6) is 5.75 Å². The molecule has 0 saturated carbocycles. The standard InChI is InChI=1S/C12H8O2/c13-7-10-6-9-5-4-8-2-1-3-11(8)12(9)14-10/h1-7,10H. The van der Waals surface area contributed by atoms with E-state index in [4.69, 9.17) is 4.74 Å². The summed E-state index contributed by atoms with van der Waals surface area (Å²) in [5.41, 5.74) is 1.09. The quantitative estimate of drug-likeness (QED) is 0.584. The summed E-state index contributed by atoms with van der Waals surface area (Å²) < 4.78 is 5.50. The lowest BCUT2D eigenvalue weighted by molar-refractivity contribution is -0.111. The van der Waals surface area contributed by atoms with Crippen LogP contribution in [-0.2, 0) is 4.79 Å². The van der Waals surface area contributed by atoms with Crippen molar-refractivity contribution in [1.82, 2.24) is 0 Å². The van der Waals surface area contributed by atoms with Crippen molar-refractivity contribution in [1.29, 1.82) is 0 Å². The molecule has 1 heterocycles. The predicted octanol–water partition coefficient (Wildman–Crippen LogP) is 0.234. The Morgan fingerprint density at radius 2 is 2.14 bits per heavy atom. The maximum atomic E-state index is 10.6. The van der Waals surface area contributed by atoms with E-state index in [1.807, 2.05) is 36.4 Å². The first-order valence-corrected chi connectivity index (χ1v) is 4.54. The summed E-state index contributed by atoms with van der Waals surface area (Å²) in [6.45, 7) is 0. The summed E-state index contributed by atoms with van der Waals surface area (Å²) in [7, 11) is 0. The number of allylic oxidation sites excluding steroid dienone is 1. The number of fused-ring (bicyclic) bond motifs is 3. The van der Waals surface area contributed by atoms with Crippen LogP contribution >= 0.6 is 0 Å². The molecule has 1 aliphatic carbocycles. The predicted molar refractivity (Wildman–Crippen MR) is 54.1 cm³/mol. The Morgan fingerprint density at radius 3 is 3.00 bits per heavy atom. The third-order valence-corrected chi connectivity index (χ3v) is 2.53. The van der Waals surface area contributed by atoms with Crippen LogP contribution in [-0.4, -0.2) is 12.4 Å². The lowest BCUT2D eigenvalue weighted by Gasteiger charge is -2.05. The molecule has 1 atom stereocenters. The van der Waals surface area contributed by atoms with E-state index < -0.39 is 6.10 Å². The van der Waals surface area contributed by atoms with Gasteiger partial charge in [-0.15, -0.1) is 0 Å². The molecule has 0 N–H and O–H groups in total. The number of benzene rings is 1. The number of rotatable bonds is 1. The molecule has 0 saturated heterocycles. The van der Waals surface area contributed by atoms with E-state index in [9.17, 15) is 4.79 Å². The van der Waals surface area contributed by atoms with Gasteiger partial charge in [-0.1, -0.05) is 30.4 Å². The molecule has 0 radical (unpaired) electrons. The first-order chi connectivity index (χ1) is 6.88. The number of hydrogen-bond acceptors (Lipinski definition) is 2. The average Bonchev–Trinajstić information content (AvgIpc) is 2.82. The fourth-order valence-corrected chi connectivity index (χ4v) is 1.87. The van der Waals surface area contributed by atoms with Crippen molar-refractivity contribution in [3.8, 4) is 5.75 Å². The van der Waals surface area contributed by atoms with Crippen molar-refractivity contribution in [3.05, 3.63) is 34.2 Å². The molecule has 0 fully saturated rings. The Hall–Kier alpha value is -1.83. The van der Waals surface area contributed by atoms with Crippen LogP contribution in [0.15, 0.2) is 18.2 Å². The molecular weight excluding hydrogens is 176 g/mol. The number of carbonyl (C=O) groups is 1. The largest absolute Gasteiger partial charge is 0.478 e. The zero-order chi connectivity index (χ0) is 9.54. The molecule has 0 bridgehead atoms. The highest BCUT2D eigenvalue weighted by atomic mass is 16.5. The Kier molecular flexibility index (Phi) is 1.39. The number of aldehydes is 1. The van der Waals surface area contributed by atoms with Crippen LogP contribution in [0.3, 0.4) is 0 Å². The summed E-state index contributed by atoms with van der Waals surface area (Å²) in [5, 5.41) is 2.17. The highest BCUT2D eigenvalue weighted by molar-refractivity contribution is 5.76. The Morgan fingerprint density at radius 1 is 1.29 bits per heavy atom. The molecule has 3 rings (SSSR count). The van der Waals surface area contributed by atoms with Gasteiger partial charge in [-0.3, -0.25) is 4.79 Å². The molecule has 0 amide bonds. The van der Waals surface area contributed by atoms with E-state index in [0.717, 1.165) is 28.0 Å². The lowest BCUT2D eigenvalue weighted by atomic mass is 10.1. The van der Waals surface area contributed by atoms with Crippen LogP contribution in [0.1, 0.15) is 5.56 Å². The molecular formula is C12H8O2.